The number of anilines is 1. The molecule has 2 fully saturated rings. The third kappa shape index (κ3) is 12.0. The second-order valence-corrected chi connectivity index (χ2v) is 15.7. The van der Waals surface area contributed by atoms with Gasteiger partial charge in [-0.05, 0) is 105 Å². The van der Waals surface area contributed by atoms with E-state index in [0.29, 0.717) is 18.3 Å². The van der Waals surface area contributed by atoms with Gasteiger partial charge in [0.1, 0.15) is 22.6 Å². The lowest BCUT2D eigenvalue weighted by Gasteiger charge is -2.38. The van der Waals surface area contributed by atoms with Gasteiger partial charge in [0.15, 0.2) is 0 Å². The number of carbonyl (C=O) groups is 4. The fourth-order valence-corrected chi connectivity index (χ4v) is 5.93. The van der Waals surface area contributed by atoms with Crippen molar-refractivity contribution in [2.75, 3.05) is 31.5 Å². The fourth-order valence-electron chi connectivity index (χ4n) is 5.93. The fraction of sp³-hybridized carbons (Fsp3) is 0.611. The number of hydrogen-bond acceptors (Lipinski definition) is 9. The molecule has 15 nitrogen and oxygen atoms in total. The number of carbonyl (C=O) groups excluding carboxylic acids is 4. The van der Waals surface area contributed by atoms with Crippen molar-refractivity contribution in [3.05, 3.63) is 52.6 Å². The second kappa shape index (κ2) is 16.1. The van der Waals surface area contributed by atoms with Crippen molar-refractivity contribution in [2.45, 2.75) is 116 Å². The zero-order valence-corrected chi connectivity index (χ0v) is 31.1. The number of rotatable bonds is 8. The standard InChI is InChI=1S/C36H54N8O7/c1-34(2,3)50-32(48)38-26-13-11-25(12-14-26)37-23-24-9-15-27(16-10-24)44-18-17-28(40-31(44)47)39-30(46)43-21-19-42(20-22-43)29(45)36(7,8)41-33(49)51-35(4,5)6/h9-10,15-18,25-26,37H,11-14,19-23H2,1-8H3,(H,38,48)(H,41,49)(H,39,40,46,47)/t25-,26-. The van der Waals surface area contributed by atoms with Crippen LogP contribution in [-0.2, 0) is 20.8 Å². The molecule has 280 valence electrons. The summed E-state index contributed by atoms with van der Waals surface area (Å²) in [6, 6.07) is 9.22. The van der Waals surface area contributed by atoms with Gasteiger partial charge in [-0.25, -0.2) is 19.2 Å². The maximum atomic E-state index is 13.1. The lowest BCUT2D eigenvalue weighted by molar-refractivity contribution is -0.138. The molecule has 0 atom stereocenters. The molecule has 1 aromatic heterocycles. The third-order valence-corrected chi connectivity index (χ3v) is 8.50. The minimum Gasteiger partial charge on any atom is -0.444 e. The van der Waals surface area contributed by atoms with E-state index in [0.717, 1.165) is 31.2 Å². The van der Waals surface area contributed by atoms with Crippen molar-refractivity contribution in [3.63, 3.8) is 0 Å². The molecule has 4 N–H and O–H groups in total. The first-order valence-electron chi connectivity index (χ1n) is 17.6. The SMILES string of the molecule is CC(C)(C)OC(=O)NC(C)(C)C(=O)N1CCN(C(=O)Nc2ccn(-c3ccc(CN[C@H]4CC[C@H](NC(=O)OC(C)(C)C)CC4)cc3)c(=O)n2)CC1. The van der Waals surface area contributed by atoms with Gasteiger partial charge >= 0.3 is 23.9 Å². The molecule has 1 saturated heterocycles. The van der Waals surface area contributed by atoms with Crippen molar-refractivity contribution < 1.29 is 28.7 Å². The van der Waals surface area contributed by atoms with Gasteiger partial charge in [-0.3, -0.25) is 14.7 Å². The highest BCUT2D eigenvalue weighted by Gasteiger charge is 2.37. The van der Waals surface area contributed by atoms with Crippen LogP contribution in [0.2, 0.25) is 0 Å². The van der Waals surface area contributed by atoms with Crippen molar-refractivity contribution in [1.29, 1.82) is 0 Å². The number of amides is 5. The molecule has 0 unspecified atom stereocenters. The summed E-state index contributed by atoms with van der Waals surface area (Å²) in [5, 5.41) is 11.9. The molecule has 4 rings (SSSR count). The van der Waals surface area contributed by atoms with E-state index < -0.39 is 34.6 Å². The van der Waals surface area contributed by atoms with Crippen molar-refractivity contribution in [1.82, 2.24) is 35.3 Å². The summed E-state index contributed by atoms with van der Waals surface area (Å²) < 4.78 is 12.1. The number of ether oxygens (including phenoxy) is 2. The number of alkyl carbamates (subject to hydrolysis) is 2. The van der Waals surface area contributed by atoms with E-state index in [1.165, 1.54) is 4.57 Å². The highest BCUT2D eigenvalue weighted by atomic mass is 16.6. The minimum absolute atomic E-state index is 0.117. The van der Waals surface area contributed by atoms with E-state index in [9.17, 15) is 24.0 Å². The maximum Gasteiger partial charge on any atom is 0.408 e. The molecular weight excluding hydrogens is 656 g/mol. The smallest absolute Gasteiger partial charge is 0.408 e. The number of hydrogen-bond donors (Lipinski definition) is 4. The highest BCUT2D eigenvalue weighted by Crippen LogP contribution is 2.20. The van der Waals surface area contributed by atoms with Gasteiger partial charge < -0.3 is 35.2 Å². The predicted molar refractivity (Wildman–Crippen MR) is 193 cm³/mol. The molecule has 0 radical (unpaired) electrons. The Morgan fingerprint density at radius 1 is 0.765 bits per heavy atom. The van der Waals surface area contributed by atoms with Crippen LogP contribution < -0.4 is 27.0 Å². The third-order valence-electron chi connectivity index (χ3n) is 8.50. The summed E-state index contributed by atoms with van der Waals surface area (Å²) in [5.41, 5.74) is -1.22. The van der Waals surface area contributed by atoms with E-state index >= 15 is 0 Å². The number of nitrogens with one attached hydrogen (secondary N) is 4. The topological polar surface area (TPSA) is 176 Å². The van der Waals surface area contributed by atoms with Gasteiger partial charge in [-0.2, -0.15) is 4.98 Å². The van der Waals surface area contributed by atoms with Crippen LogP contribution in [0.15, 0.2) is 41.3 Å². The molecule has 1 saturated carbocycles. The monoisotopic (exact) mass is 710 g/mol. The van der Waals surface area contributed by atoms with Gasteiger partial charge in [-0.15, -0.1) is 0 Å². The predicted octanol–water partition coefficient (Wildman–Crippen LogP) is 4.14. The molecule has 0 bridgehead atoms. The molecule has 2 aliphatic rings. The zero-order chi connectivity index (χ0) is 37.6. The van der Waals surface area contributed by atoms with E-state index in [4.69, 9.17) is 9.47 Å². The summed E-state index contributed by atoms with van der Waals surface area (Å²) in [6.07, 6.45) is 4.19. The number of nitrogens with zero attached hydrogens (tertiary/aromatic N) is 4. The van der Waals surface area contributed by atoms with Crippen molar-refractivity contribution >= 4 is 29.9 Å². The van der Waals surface area contributed by atoms with Crippen LogP contribution in [0.25, 0.3) is 5.69 Å². The summed E-state index contributed by atoms with van der Waals surface area (Å²) in [5.74, 6) is -0.157. The number of piperazine rings is 1. The minimum atomic E-state index is -1.19. The first-order chi connectivity index (χ1) is 23.8. The first kappa shape index (κ1) is 39.1. The Morgan fingerprint density at radius 2 is 1.31 bits per heavy atom. The lowest BCUT2D eigenvalue weighted by atomic mass is 9.91. The molecule has 51 heavy (non-hydrogen) atoms. The Kier molecular flexibility index (Phi) is 12.4. The second-order valence-electron chi connectivity index (χ2n) is 15.7. The van der Waals surface area contributed by atoms with Gasteiger partial charge in [0.05, 0.1) is 5.69 Å². The van der Waals surface area contributed by atoms with Gasteiger partial charge in [0.25, 0.3) is 0 Å². The van der Waals surface area contributed by atoms with Crippen LogP contribution in [0, 0.1) is 0 Å². The van der Waals surface area contributed by atoms with Crippen LogP contribution in [0.3, 0.4) is 0 Å². The Balaban J connectivity index is 1.21. The Labute approximate surface area is 299 Å². The van der Waals surface area contributed by atoms with Crippen LogP contribution in [0.1, 0.15) is 86.6 Å². The van der Waals surface area contributed by atoms with E-state index in [-0.39, 0.29) is 50.0 Å². The summed E-state index contributed by atoms with van der Waals surface area (Å²) >= 11 is 0. The largest absolute Gasteiger partial charge is 0.444 e. The van der Waals surface area contributed by atoms with Crippen LogP contribution in [0.4, 0.5) is 20.2 Å². The number of urea groups is 1. The van der Waals surface area contributed by atoms with Crippen molar-refractivity contribution in [2.24, 2.45) is 0 Å². The summed E-state index contributed by atoms with van der Waals surface area (Å²) in [7, 11) is 0. The average Bonchev–Trinajstić information content (AvgIpc) is 3.02. The average molecular weight is 711 g/mol. The van der Waals surface area contributed by atoms with E-state index in [2.05, 4.69) is 26.3 Å². The maximum absolute atomic E-state index is 13.1. The van der Waals surface area contributed by atoms with Gasteiger partial charge in [0, 0.05) is 51.0 Å². The lowest BCUT2D eigenvalue weighted by Crippen LogP contribution is -2.60. The van der Waals surface area contributed by atoms with Crippen molar-refractivity contribution in [3.8, 4) is 5.69 Å². The molecular formula is C36H54N8O7. The van der Waals surface area contributed by atoms with E-state index in [1.807, 2.05) is 45.0 Å². The molecule has 2 heterocycles. The number of aromatic nitrogens is 2. The Morgan fingerprint density at radius 3 is 1.88 bits per heavy atom. The molecule has 1 aliphatic heterocycles. The number of benzene rings is 1. The Hall–Kier alpha value is -4.66. The molecule has 1 aromatic carbocycles. The first-order valence-corrected chi connectivity index (χ1v) is 17.6. The molecule has 1 aliphatic carbocycles. The van der Waals surface area contributed by atoms with Crippen LogP contribution in [-0.4, -0.2) is 98.5 Å². The molecule has 15 heteroatoms. The summed E-state index contributed by atoms with van der Waals surface area (Å²) in [4.78, 5) is 70.5. The quantitative estimate of drug-likeness (QED) is 0.314. The molecule has 0 spiro atoms. The van der Waals surface area contributed by atoms with Gasteiger partial charge in [-0.1, -0.05) is 12.1 Å². The van der Waals surface area contributed by atoms with E-state index in [1.54, 1.807) is 56.7 Å². The zero-order valence-electron chi connectivity index (χ0n) is 31.1. The van der Waals surface area contributed by atoms with Crippen LogP contribution >= 0.6 is 0 Å². The van der Waals surface area contributed by atoms with Gasteiger partial charge in [0.2, 0.25) is 5.91 Å². The summed E-state index contributed by atoms with van der Waals surface area (Å²) in [6.45, 7) is 15.8. The highest BCUT2D eigenvalue weighted by molar-refractivity contribution is 5.90. The van der Waals surface area contributed by atoms with Crippen LogP contribution in [0.5, 0.6) is 0 Å². The Bertz CT molecular complexity index is 1590. The molecule has 2 aromatic rings. The normalized spacial score (nSPS) is 18.4. The molecule has 5 amide bonds.